The summed E-state index contributed by atoms with van der Waals surface area (Å²) in [6, 6.07) is 6.09. The highest BCUT2D eigenvalue weighted by molar-refractivity contribution is 5.48. The fourth-order valence-electron chi connectivity index (χ4n) is 1.87. The van der Waals surface area contributed by atoms with Crippen molar-refractivity contribution in [1.82, 2.24) is 15.0 Å². The van der Waals surface area contributed by atoms with Gasteiger partial charge in [-0.2, -0.15) is 0 Å². The quantitative estimate of drug-likeness (QED) is 0.862. The summed E-state index contributed by atoms with van der Waals surface area (Å²) in [4.78, 5) is 12.8. The van der Waals surface area contributed by atoms with E-state index in [1.807, 2.05) is 32.0 Å². The van der Waals surface area contributed by atoms with E-state index in [9.17, 15) is 0 Å². The fourth-order valence-corrected chi connectivity index (χ4v) is 1.87. The second kappa shape index (κ2) is 6.13. The molecule has 0 aliphatic carbocycles. The highest BCUT2D eigenvalue weighted by atomic mass is 15.1. The van der Waals surface area contributed by atoms with Crippen LogP contribution in [0, 0.1) is 6.92 Å². The number of hydrogen-bond donors (Lipinski definition) is 2. The third-order valence-corrected chi connectivity index (χ3v) is 2.77. The molecule has 19 heavy (non-hydrogen) atoms. The average molecular weight is 257 g/mol. The van der Waals surface area contributed by atoms with Gasteiger partial charge in [0.1, 0.15) is 17.5 Å². The molecule has 1 atom stereocenters. The van der Waals surface area contributed by atoms with E-state index in [0.29, 0.717) is 0 Å². The minimum Gasteiger partial charge on any atom is -0.370 e. The Hall–Kier alpha value is -2.17. The van der Waals surface area contributed by atoms with E-state index in [0.717, 1.165) is 24.0 Å². The third-order valence-electron chi connectivity index (χ3n) is 2.77. The van der Waals surface area contributed by atoms with E-state index in [-0.39, 0.29) is 6.04 Å². The van der Waals surface area contributed by atoms with Gasteiger partial charge in [0.15, 0.2) is 0 Å². The van der Waals surface area contributed by atoms with Gasteiger partial charge in [-0.05, 0) is 38.5 Å². The second-order valence-corrected chi connectivity index (χ2v) is 4.36. The summed E-state index contributed by atoms with van der Waals surface area (Å²) in [6.45, 7) is 6.88. The van der Waals surface area contributed by atoms with Crippen LogP contribution in [0.2, 0.25) is 0 Å². The molecule has 0 aromatic carbocycles. The van der Waals surface area contributed by atoms with E-state index < -0.39 is 0 Å². The lowest BCUT2D eigenvalue weighted by atomic mass is 10.1. The maximum atomic E-state index is 4.40. The molecule has 2 heterocycles. The van der Waals surface area contributed by atoms with E-state index in [2.05, 4.69) is 32.5 Å². The predicted octanol–water partition coefficient (Wildman–Crippen LogP) is 2.78. The average Bonchev–Trinajstić information content (AvgIpc) is 2.39. The Labute approximate surface area is 113 Å². The van der Waals surface area contributed by atoms with Crippen LogP contribution in [0.25, 0.3) is 0 Å². The monoisotopic (exact) mass is 257 g/mol. The number of pyridine rings is 1. The first-order valence-electron chi connectivity index (χ1n) is 6.45. The van der Waals surface area contributed by atoms with Gasteiger partial charge < -0.3 is 10.6 Å². The van der Waals surface area contributed by atoms with Crippen molar-refractivity contribution in [2.75, 3.05) is 17.2 Å². The van der Waals surface area contributed by atoms with E-state index in [4.69, 9.17) is 0 Å². The van der Waals surface area contributed by atoms with Crippen molar-refractivity contribution in [3.63, 3.8) is 0 Å². The lowest BCUT2D eigenvalue weighted by Gasteiger charge is -2.15. The summed E-state index contributed by atoms with van der Waals surface area (Å²) < 4.78 is 0. The topological polar surface area (TPSA) is 62.7 Å². The van der Waals surface area contributed by atoms with Gasteiger partial charge in [-0.1, -0.05) is 0 Å². The van der Waals surface area contributed by atoms with Crippen molar-refractivity contribution in [2.24, 2.45) is 0 Å². The Morgan fingerprint density at radius 1 is 1.16 bits per heavy atom. The number of anilines is 2. The standard InChI is InChI=1S/C14H19N5/c1-4-16-13-9-14(19-11(3)18-13)17-10(2)12-5-7-15-8-6-12/h5-10H,4H2,1-3H3,(H2,16,17,18,19). The number of hydrogen-bond acceptors (Lipinski definition) is 5. The van der Waals surface area contributed by atoms with Crippen molar-refractivity contribution in [2.45, 2.75) is 26.8 Å². The molecule has 100 valence electrons. The normalized spacial score (nSPS) is 11.9. The Balaban J connectivity index is 2.14. The Bertz CT molecular complexity index is 527. The van der Waals surface area contributed by atoms with Gasteiger partial charge in [-0.3, -0.25) is 4.98 Å². The molecular formula is C14H19N5. The van der Waals surface area contributed by atoms with Crippen molar-refractivity contribution in [3.05, 3.63) is 42.0 Å². The van der Waals surface area contributed by atoms with Crippen LogP contribution in [0.3, 0.4) is 0 Å². The fraction of sp³-hybridized carbons (Fsp3) is 0.357. The van der Waals surface area contributed by atoms with Crippen molar-refractivity contribution >= 4 is 11.6 Å². The van der Waals surface area contributed by atoms with E-state index >= 15 is 0 Å². The molecule has 0 amide bonds. The molecule has 2 aromatic heterocycles. The first-order valence-corrected chi connectivity index (χ1v) is 6.45. The Kier molecular flexibility index (Phi) is 4.28. The molecular weight excluding hydrogens is 238 g/mol. The summed E-state index contributed by atoms with van der Waals surface area (Å²) in [5, 5.41) is 6.58. The first-order chi connectivity index (χ1) is 9.19. The van der Waals surface area contributed by atoms with Gasteiger partial charge in [0.25, 0.3) is 0 Å². The molecule has 0 saturated heterocycles. The van der Waals surface area contributed by atoms with Crippen molar-refractivity contribution < 1.29 is 0 Å². The molecule has 0 saturated carbocycles. The predicted molar refractivity (Wildman–Crippen MR) is 77.2 cm³/mol. The molecule has 0 fully saturated rings. The Morgan fingerprint density at radius 3 is 2.53 bits per heavy atom. The van der Waals surface area contributed by atoms with Crippen LogP contribution in [0.1, 0.15) is 31.3 Å². The van der Waals surface area contributed by atoms with Crippen molar-refractivity contribution in [3.8, 4) is 0 Å². The largest absolute Gasteiger partial charge is 0.370 e. The summed E-state index contributed by atoms with van der Waals surface area (Å²) in [5.41, 5.74) is 1.18. The zero-order valence-electron chi connectivity index (χ0n) is 11.5. The van der Waals surface area contributed by atoms with Gasteiger partial charge in [0.05, 0.1) is 6.04 Å². The minimum atomic E-state index is 0.173. The van der Waals surface area contributed by atoms with Crippen LogP contribution in [0.15, 0.2) is 30.6 Å². The van der Waals surface area contributed by atoms with Crippen LogP contribution in [0.5, 0.6) is 0 Å². The molecule has 5 heteroatoms. The zero-order chi connectivity index (χ0) is 13.7. The van der Waals surface area contributed by atoms with Gasteiger partial charge in [-0.25, -0.2) is 9.97 Å². The van der Waals surface area contributed by atoms with Crippen LogP contribution in [0.4, 0.5) is 11.6 Å². The van der Waals surface area contributed by atoms with Crippen LogP contribution >= 0.6 is 0 Å². The van der Waals surface area contributed by atoms with Gasteiger partial charge in [0, 0.05) is 25.0 Å². The molecule has 5 nitrogen and oxygen atoms in total. The number of nitrogens with one attached hydrogen (secondary N) is 2. The summed E-state index contributed by atoms with van der Waals surface area (Å²) in [7, 11) is 0. The molecule has 2 aromatic rings. The summed E-state index contributed by atoms with van der Waals surface area (Å²) >= 11 is 0. The van der Waals surface area contributed by atoms with Crippen LogP contribution in [-0.2, 0) is 0 Å². The molecule has 0 bridgehead atoms. The summed E-state index contributed by atoms with van der Waals surface area (Å²) in [5.74, 6) is 2.43. The molecule has 2 rings (SSSR count). The van der Waals surface area contributed by atoms with E-state index in [1.54, 1.807) is 12.4 Å². The van der Waals surface area contributed by atoms with Gasteiger partial charge in [0.2, 0.25) is 0 Å². The number of rotatable bonds is 5. The van der Waals surface area contributed by atoms with Crippen molar-refractivity contribution in [1.29, 1.82) is 0 Å². The number of aromatic nitrogens is 3. The molecule has 0 aliphatic rings. The van der Waals surface area contributed by atoms with E-state index in [1.165, 1.54) is 5.56 Å². The first kappa shape index (κ1) is 13.3. The van der Waals surface area contributed by atoms with Crippen LogP contribution in [-0.4, -0.2) is 21.5 Å². The third kappa shape index (κ3) is 3.64. The van der Waals surface area contributed by atoms with Crippen LogP contribution < -0.4 is 10.6 Å². The maximum Gasteiger partial charge on any atom is 0.132 e. The maximum absolute atomic E-state index is 4.40. The molecule has 2 N–H and O–H groups in total. The molecule has 0 aliphatic heterocycles. The highest BCUT2D eigenvalue weighted by Crippen LogP contribution is 2.18. The zero-order valence-corrected chi connectivity index (χ0v) is 11.5. The lowest BCUT2D eigenvalue weighted by molar-refractivity contribution is 0.863. The Morgan fingerprint density at radius 2 is 1.84 bits per heavy atom. The lowest BCUT2D eigenvalue weighted by Crippen LogP contribution is -2.10. The van der Waals surface area contributed by atoms with Gasteiger partial charge in [-0.15, -0.1) is 0 Å². The summed E-state index contributed by atoms with van der Waals surface area (Å²) in [6.07, 6.45) is 3.59. The second-order valence-electron chi connectivity index (χ2n) is 4.36. The molecule has 0 radical (unpaired) electrons. The SMILES string of the molecule is CCNc1cc(NC(C)c2ccncc2)nc(C)n1. The molecule has 0 spiro atoms. The number of aryl methyl sites for hydroxylation is 1. The molecule has 1 unspecified atom stereocenters. The minimum absolute atomic E-state index is 0.173. The number of nitrogens with zero attached hydrogens (tertiary/aromatic N) is 3. The smallest absolute Gasteiger partial charge is 0.132 e. The highest BCUT2D eigenvalue weighted by Gasteiger charge is 2.07. The van der Waals surface area contributed by atoms with Gasteiger partial charge >= 0.3 is 0 Å².